The van der Waals surface area contributed by atoms with E-state index < -0.39 is 22.9 Å². The molecule has 0 saturated carbocycles. The highest BCUT2D eigenvalue weighted by atomic mass is 16.6. The van der Waals surface area contributed by atoms with Gasteiger partial charge in [-0.15, -0.1) is 0 Å². The van der Waals surface area contributed by atoms with Gasteiger partial charge in [0.2, 0.25) is 0 Å². The fraction of sp³-hybridized carbons (Fsp3) is 0.526. The van der Waals surface area contributed by atoms with Gasteiger partial charge in [0.15, 0.2) is 6.10 Å². The number of likely N-dealkylation sites (tertiary alicyclic amines) is 1. The number of rotatable bonds is 7. The fourth-order valence-corrected chi connectivity index (χ4v) is 2.91. The number of hydrogen-bond donors (Lipinski definition) is 1. The predicted molar refractivity (Wildman–Crippen MR) is 101 cm³/mol. The Kier molecular flexibility index (Phi) is 7.48. The van der Waals surface area contributed by atoms with Crippen LogP contribution in [0.3, 0.4) is 0 Å². The van der Waals surface area contributed by atoms with E-state index in [-0.39, 0.29) is 30.1 Å². The Morgan fingerprint density at radius 3 is 2.43 bits per heavy atom. The van der Waals surface area contributed by atoms with E-state index in [0.29, 0.717) is 19.0 Å². The van der Waals surface area contributed by atoms with Gasteiger partial charge in [0.05, 0.1) is 11.3 Å². The third-order valence-electron chi connectivity index (χ3n) is 4.71. The molecule has 152 valence electrons. The van der Waals surface area contributed by atoms with Gasteiger partial charge in [-0.3, -0.25) is 24.5 Å². The first-order valence-electron chi connectivity index (χ1n) is 9.29. The van der Waals surface area contributed by atoms with Gasteiger partial charge in [0.25, 0.3) is 17.5 Å². The molecule has 1 fully saturated rings. The molecule has 0 spiro atoms. The minimum atomic E-state index is -0.855. The molecule has 0 unspecified atom stereocenters. The summed E-state index contributed by atoms with van der Waals surface area (Å²) in [6.07, 6.45) is 0.960. The zero-order chi connectivity index (χ0) is 20.7. The van der Waals surface area contributed by atoms with Crippen LogP contribution in [-0.2, 0) is 14.3 Å². The number of nitro groups is 1. The number of carbonyl (C=O) groups is 3. The van der Waals surface area contributed by atoms with E-state index in [1.165, 1.54) is 24.3 Å². The average molecular weight is 391 g/mol. The second-order valence-corrected chi connectivity index (χ2v) is 6.95. The van der Waals surface area contributed by atoms with Crippen LogP contribution in [0.15, 0.2) is 24.3 Å². The largest absolute Gasteiger partial charge is 0.452 e. The Hall–Kier alpha value is -2.97. The van der Waals surface area contributed by atoms with Crippen LogP contribution in [0.25, 0.3) is 0 Å². The lowest BCUT2D eigenvalue weighted by Crippen LogP contribution is -2.44. The highest BCUT2D eigenvalue weighted by Gasteiger charge is 2.26. The number of piperidine rings is 1. The molecule has 1 aromatic carbocycles. The SMILES string of the molecule is CC1CCN(C(=O)[C@H](C)OC(=O)CCNC(=O)c2ccc([N+](=O)[O-])cc2)CC1. The molecule has 9 nitrogen and oxygen atoms in total. The van der Waals surface area contributed by atoms with E-state index in [4.69, 9.17) is 4.74 Å². The van der Waals surface area contributed by atoms with Crippen molar-refractivity contribution < 1.29 is 24.0 Å². The highest BCUT2D eigenvalue weighted by molar-refractivity contribution is 5.94. The van der Waals surface area contributed by atoms with Crippen molar-refractivity contribution in [2.24, 2.45) is 5.92 Å². The maximum Gasteiger partial charge on any atom is 0.308 e. The Morgan fingerprint density at radius 2 is 1.86 bits per heavy atom. The van der Waals surface area contributed by atoms with E-state index in [1.807, 2.05) is 0 Å². The lowest BCUT2D eigenvalue weighted by Gasteiger charge is -2.31. The van der Waals surface area contributed by atoms with Crippen molar-refractivity contribution in [3.05, 3.63) is 39.9 Å². The zero-order valence-electron chi connectivity index (χ0n) is 16.1. The number of nitrogens with one attached hydrogen (secondary N) is 1. The maximum atomic E-state index is 12.3. The van der Waals surface area contributed by atoms with Crippen LogP contribution in [0.1, 0.15) is 43.5 Å². The van der Waals surface area contributed by atoms with Crippen LogP contribution >= 0.6 is 0 Å². The normalized spacial score (nSPS) is 15.6. The summed E-state index contributed by atoms with van der Waals surface area (Å²) in [5.74, 6) is -0.624. The van der Waals surface area contributed by atoms with Gasteiger partial charge in [-0.1, -0.05) is 6.92 Å². The van der Waals surface area contributed by atoms with Crippen LogP contribution in [0.5, 0.6) is 0 Å². The van der Waals surface area contributed by atoms with Crippen molar-refractivity contribution in [3.8, 4) is 0 Å². The topological polar surface area (TPSA) is 119 Å². The van der Waals surface area contributed by atoms with E-state index in [9.17, 15) is 24.5 Å². The lowest BCUT2D eigenvalue weighted by molar-refractivity contribution is -0.384. The van der Waals surface area contributed by atoms with Crippen molar-refractivity contribution in [2.75, 3.05) is 19.6 Å². The Bertz CT molecular complexity index is 726. The summed E-state index contributed by atoms with van der Waals surface area (Å²) < 4.78 is 5.17. The van der Waals surface area contributed by atoms with Gasteiger partial charge < -0.3 is 15.0 Å². The minimum absolute atomic E-state index is 0.0385. The van der Waals surface area contributed by atoms with Crippen molar-refractivity contribution in [1.29, 1.82) is 0 Å². The number of hydrogen-bond acceptors (Lipinski definition) is 6. The predicted octanol–water partition coefficient (Wildman–Crippen LogP) is 1.90. The van der Waals surface area contributed by atoms with E-state index in [0.717, 1.165) is 12.8 Å². The molecule has 2 rings (SSSR count). The van der Waals surface area contributed by atoms with Crippen LogP contribution in [-0.4, -0.2) is 53.3 Å². The number of esters is 1. The number of carbonyl (C=O) groups excluding carboxylic acids is 3. The van der Waals surface area contributed by atoms with Crippen molar-refractivity contribution >= 4 is 23.5 Å². The molecular formula is C19H25N3O6. The molecule has 0 aliphatic carbocycles. The summed E-state index contributed by atoms with van der Waals surface area (Å²) in [6, 6.07) is 5.15. The first-order chi connectivity index (χ1) is 13.3. The second kappa shape index (κ2) is 9.82. The van der Waals surface area contributed by atoms with Crippen molar-refractivity contribution in [2.45, 2.75) is 39.2 Å². The molecular weight excluding hydrogens is 366 g/mol. The minimum Gasteiger partial charge on any atom is -0.452 e. The lowest BCUT2D eigenvalue weighted by atomic mass is 9.99. The van der Waals surface area contributed by atoms with Crippen LogP contribution in [0.2, 0.25) is 0 Å². The molecule has 0 aromatic heterocycles. The van der Waals surface area contributed by atoms with E-state index in [1.54, 1.807) is 11.8 Å². The molecule has 2 amide bonds. The molecule has 9 heteroatoms. The molecule has 28 heavy (non-hydrogen) atoms. The Morgan fingerprint density at radius 1 is 1.25 bits per heavy atom. The van der Waals surface area contributed by atoms with Gasteiger partial charge in [0.1, 0.15) is 0 Å². The zero-order valence-corrected chi connectivity index (χ0v) is 16.1. The summed E-state index contributed by atoms with van der Waals surface area (Å²) in [5.41, 5.74) is 0.142. The molecule has 0 bridgehead atoms. The Balaban J connectivity index is 1.72. The second-order valence-electron chi connectivity index (χ2n) is 6.95. The molecule has 0 radical (unpaired) electrons. The summed E-state index contributed by atoms with van der Waals surface area (Å²) >= 11 is 0. The fourth-order valence-electron chi connectivity index (χ4n) is 2.91. The molecule has 1 aromatic rings. The summed E-state index contributed by atoms with van der Waals surface area (Å²) in [5, 5.41) is 13.2. The number of amides is 2. The highest BCUT2D eigenvalue weighted by Crippen LogP contribution is 2.17. The summed E-state index contributed by atoms with van der Waals surface area (Å²) in [6.45, 7) is 5.08. The van der Waals surface area contributed by atoms with Gasteiger partial charge in [-0.2, -0.15) is 0 Å². The summed E-state index contributed by atoms with van der Waals surface area (Å²) in [4.78, 5) is 48.0. The standard InChI is InChI=1S/C19H25N3O6/c1-13-8-11-21(12-9-13)19(25)14(2)28-17(23)7-10-20-18(24)15-3-5-16(6-4-15)22(26)27/h3-6,13-14H,7-12H2,1-2H3,(H,20,24)/t14-/m0/s1. The molecule has 1 heterocycles. The van der Waals surface area contributed by atoms with Crippen LogP contribution in [0, 0.1) is 16.0 Å². The van der Waals surface area contributed by atoms with Crippen molar-refractivity contribution in [1.82, 2.24) is 10.2 Å². The summed E-state index contributed by atoms with van der Waals surface area (Å²) in [7, 11) is 0. The molecule has 1 atom stereocenters. The molecule has 1 saturated heterocycles. The van der Waals surface area contributed by atoms with Crippen molar-refractivity contribution in [3.63, 3.8) is 0 Å². The first-order valence-corrected chi connectivity index (χ1v) is 9.29. The molecule has 1 aliphatic rings. The monoisotopic (exact) mass is 391 g/mol. The van der Waals surface area contributed by atoms with Gasteiger partial charge in [-0.05, 0) is 37.8 Å². The molecule has 1 N–H and O–H groups in total. The molecule has 1 aliphatic heterocycles. The number of benzene rings is 1. The number of non-ortho nitro benzene ring substituents is 1. The third-order valence-corrected chi connectivity index (χ3v) is 4.71. The van der Waals surface area contributed by atoms with Crippen LogP contribution < -0.4 is 5.32 Å². The smallest absolute Gasteiger partial charge is 0.308 e. The average Bonchev–Trinajstić information content (AvgIpc) is 2.67. The van der Waals surface area contributed by atoms with Gasteiger partial charge in [0, 0.05) is 37.3 Å². The van der Waals surface area contributed by atoms with Gasteiger partial charge in [-0.25, -0.2) is 0 Å². The maximum absolute atomic E-state index is 12.3. The number of nitrogens with zero attached hydrogens (tertiary/aromatic N) is 2. The number of ether oxygens (including phenoxy) is 1. The van der Waals surface area contributed by atoms with Gasteiger partial charge >= 0.3 is 5.97 Å². The Labute approximate surface area is 163 Å². The van der Waals surface area contributed by atoms with Crippen LogP contribution in [0.4, 0.5) is 5.69 Å². The first kappa shape index (κ1) is 21.3. The van der Waals surface area contributed by atoms with E-state index in [2.05, 4.69) is 12.2 Å². The third kappa shape index (κ3) is 6.04. The van der Waals surface area contributed by atoms with E-state index >= 15 is 0 Å². The quantitative estimate of drug-likeness (QED) is 0.431. The number of nitro benzene ring substituents is 1.